The second-order valence-corrected chi connectivity index (χ2v) is 5.83. The van der Waals surface area contributed by atoms with Gasteiger partial charge >= 0.3 is 11.7 Å². The number of hydrogen-bond donors (Lipinski definition) is 1. The van der Waals surface area contributed by atoms with E-state index in [4.69, 9.17) is 4.74 Å². The third kappa shape index (κ3) is 4.30. The molecule has 8 nitrogen and oxygen atoms in total. The maximum Gasteiger partial charge on any atom is 0.328 e. The number of ether oxygens (including phenoxy) is 1. The van der Waals surface area contributed by atoms with Crippen LogP contribution in [0.1, 0.15) is 33.1 Å². The molecule has 1 aliphatic heterocycles. The lowest BCUT2D eigenvalue weighted by Crippen LogP contribution is -2.49. The summed E-state index contributed by atoms with van der Waals surface area (Å²) in [6.45, 7) is 3.27. The van der Waals surface area contributed by atoms with Crippen LogP contribution in [0.4, 0.5) is 0 Å². The van der Waals surface area contributed by atoms with Gasteiger partial charge < -0.3 is 9.64 Å². The fourth-order valence-corrected chi connectivity index (χ4v) is 2.88. The molecule has 23 heavy (non-hydrogen) atoms. The summed E-state index contributed by atoms with van der Waals surface area (Å²) in [4.78, 5) is 50.2. The molecule has 1 N–H and O–H groups in total. The van der Waals surface area contributed by atoms with Crippen LogP contribution in [0.3, 0.4) is 0 Å². The number of hydrogen-bond acceptors (Lipinski definition) is 5. The molecule has 2 rings (SSSR count). The second kappa shape index (κ2) is 7.26. The van der Waals surface area contributed by atoms with Gasteiger partial charge in [-0.05, 0) is 33.1 Å². The molecule has 2 atom stereocenters. The van der Waals surface area contributed by atoms with Crippen molar-refractivity contribution in [3.05, 3.63) is 33.1 Å². The molecule has 0 radical (unpaired) electrons. The number of nitrogens with zero attached hydrogens (tertiary/aromatic N) is 2. The Morgan fingerprint density at radius 1 is 1.26 bits per heavy atom. The number of amides is 1. The molecule has 1 aliphatic rings. The highest BCUT2D eigenvalue weighted by Gasteiger charge is 2.29. The highest BCUT2D eigenvalue weighted by atomic mass is 16.5. The van der Waals surface area contributed by atoms with Crippen molar-refractivity contribution in [3.63, 3.8) is 0 Å². The van der Waals surface area contributed by atoms with Crippen LogP contribution in [0.15, 0.2) is 21.9 Å². The quantitative estimate of drug-likeness (QED) is 0.778. The monoisotopic (exact) mass is 323 g/mol. The first kappa shape index (κ1) is 17.0. The van der Waals surface area contributed by atoms with Crippen LogP contribution >= 0.6 is 0 Å². The lowest BCUT2D eigenvalue weighted by molar-refractivity contribution is -0.155. The van der Waals surface area contributed by atoms with E-state index in [1.807, 2.05) is 18.8 Å². The van der Waals surface area contributed by atoms with Crippen LogP contribution in [0.5, 0.6) is 0 Å². The third-order valence-corrected chi connectivity index (χ3v) is 4.03. The summed E-state index contributed by atoms with van der Waals surface area (Å²) in [6.07, 6.45) is 4.17. The number of piperidine rings is 1. The highest BCUT2D eigenvalue weighted by Crippen LogP contribution is 2.22. The fraction of sp³-hybridized carbons (Fsp3) is 0.600. The van der Waals surface area contributed by atoms with Gasteiger partial charge in [-0.3, -0.25) is 23.9 Å². The zero-order valence-electron chi connectivity index (χ0n) is 13.3. The average Bonchev–Trinajstić information content (AvgIpc) is 2.48. The minimum Gasteiger partial charge on any atom is -0.454 e. The number of esters is 1. The first-order valence-electron chi connectivity index (χ1n) is 7.65. The summed E-state index contributed by atoms with van der Waals surface area (Å²) in [6, 6.07) is 1.40. The van der Waals surface area contributed by atoms with Crippen LogP contribution in [0.25, 0.3) is 0 Å². The summed E-state index contributed by atoms with van der Waals surface area (Å²) in [7, 11) is 0. The molecule has 1 saturated heterocycles. The molecule has 0 unspecified atom stereocenters. The molecule has 1 fully saturated rings. The Bertz CT molecular complexity index is 683. The summed E-state index contributed by atoms with van der Waals surface area (Å²) >= 11 is 0. The van der Waals surface area contributed by atoms with E-state index >= 15 is 0 Å². The predicted octanol–water partition coefficient (Wildman–Crippen LogP) is -0.131. The molecular formula is C15H21N3O5. The minimum absolute atomic E-state index is 0.131. The lowest BCUT2D eigenvalue weighted by atomic mass is 9.97. The van der Waals surface area contributed by atoms with Gasteiger partial charge in [-0.25, -0.2) is 4.79 Å². The number of rotatable bonds is 4. The van der Waals surface area contributed by atoms with Crippen LogP contribution in [-0.2, 0) is 20.9 Å². The van der Waals surface area contributed by atoms with Crippen molar-refractivity contribution in [2.45, 2.75) is 51.7 Å². The van der Waals surface area contributed by atoms with Crippen LogP contribution in [0.2, 0.25) is 0 Å². The molecule has 8 heteroatoms. The van der Waals surface area contributed by atoms with Crippen molar-refractivity contribution >= 4 is 11.9 Å². The number of carbonyl (C=O) groups is 2. The molecule has 0 aliphatic carbocycles. The van der Waals surface area contributed by atoms with Crippen molar-refractivity contribution in [2.24, 2.45) is 0 Å². The molecule has 0 bridgehead atoms. The summed E-state index contributed by atoms with van der Waals surface area (Å²) in [5, 5.41) is 0. The number of likely N-dealkylation sites (tertiary alicyclic amines) is 1. The van der Waals surface area contributed by atoms with Crippen LogP contribution in [0, 0.1) is 0 Å². The number of carbonyl (C=O) groups excluding carboxylic acids is 2. The first-order valence-corrected chi connectivity index (χ1v) is 7.65. The highest BCUT2D eigenvalue weighted by molar-refractivity contribution is 5.81. The predicted molar refractivity (Wildman–Crippen MR) is 81.9 cm³/mol. The summed E-state index contributed by atoms with van der Waals surface area (Å²) in [5.74, 6) is -0.934. The standard InChI is InChI=1S/C15H21N3O5/c1-10-4-3-5-11(2)18(10)13(20)9-23-14(21)8-17-7-6-12(19)16-15(17)22/h6-7,10-11H,3-5,8-9H2,1-2H3,(H,16,19,22)/t10-,11-/m0/s1. The van der Waals surface area contributed by atoms with E-state index in [2.05, 4.69) is 0 Å². The number of H-pyrrole nitrogens is 1. The van der Waals surface area contributed by atoms with Crippen molar-refractivity contribution in [3.8, 4) is 0 Å². The van der Waals surface area contributed by atoms with Crippen molar-refractivity contribution < 1.29 is 14.3 Å². The molecule has 126 valence electrons. The normalized spacial score (nSPS) is 21.0. The van der Waals surface area contributed by atoms with E-state index in [0.29, 0.717) is 0 Å². The smallest absolute Gasteiger partial charge is 0.328 e. The molecule has 1 aromatic heterocycles. The zero-order valence-corrected chi connectivity index (χ0v) is 13.3. The Hall–Kier alpha value is -2.38. The third-order valence-electron chi connectivity index (χ3n) is 4.03. The minimum atomic E-state index is -0.704. The SMILES string of the molecule is C[C@H]1CCC[C@H](C)N1C(=O)COC(=O)Cn1ccc(=O)[nH]c1=O. The largest absolute Gasteiger partial charge is 0.454 e. The second-order valence-electron chi connectivity index (χ2n) is 5.83. The molecule has 1 aromatic rings. The summed E-state index contributed by atoms with van der Waals surface area (Å²) in [5.41, 5.74) is -1.23. The van der Waals surface area contributed by atoms with Gasteiger partial charge in [-0.1, -0.05) is 0 Å². The van der Waals surface area contributed by atoms with Gasteiger partial charge in [0.25, 0.3) is 11.5 Å². The Labute approximate surface area is 133 Å². The first-order chi connectivity index (χ1) is 10.9. The Morgan fingerprint density at radius 2 is 1.91 bits per heavy atom. The number of nitrogens with one attached hydrogen (secondary N) is 1. The van der Waals surface area contributed by atoms with E-state index < -0.39 is 17.2 Å². The van der Waals surface area contributed by atoms with E-state index in [1.165, 1.54) is 6.20 Å². The molecule has 0 aromatic carbocycles. The lowest BCUT2D eigenvalue weighted by Gasteiger charge is -2.38. The molecule has 0 spiro atoms. The summed E-state index contributed by atoms with van der Waals surface area (Å²) < 4.78 is 5.98. The fourth-order valence-electron chi connectivity index (χ4n) is 2.88. The van der Waals surface area contributed by atoms with Gasteiger partial charge in [0.1, 0.15) is 6.54 Å². The molecule has 0 saturated carbocycles. The zero-order chi connectivity index (χ0) is 17.0. The maximum absolute atomic E-state index is 12.2. The van der Waals surface area contributed by atoms with Gasteiger partial charge in [0.05, 0.1) is 0 Å². The van der Waals surface area contributed by atoms with E-state index in [-0.39, 0.29) is 31.1 Å². The van der Waals surface area contributed by atoms with Crippen LogP contribution in [-0.4, -0.2) is 45.0 Å². The molecule has 1 amide bonds. The van der Waals surface area contributed by atoms with Gasteiger partial charge in [-0.15, -0.1) is 0 Å². The van der Waals surface area contributed by atoms with Gasteiger partial charge in [0.15, 0.2) is 6.61 Å². The Kier molecular flexibility index (Phi) is 5.36. The molecule has 2 heterocycles. The Balaban J connectivity index is 1.89. The average molecular weight is 323 g/mol. The van der Waals surface area contributed by atoms with Crippen LogP contribution < -0.4 is 11.2 Å². The number of aromatic nitrogens is 2. The van der Waals surface area contributed by atoms with Crippen molar-refractivity contribution in [1.82, 2.24) is 14.5 Å². The van der Waals surface area contributed by atoms with Gasteiger partial charge in [-0.2, -0.15) is 0 Å². The van der Waals surface area contributed by atoms with Crippen molar-refractivity contribution in [2.75, 3.05) is 6.61 Å². The van der Waals surface area contributed by atoms with Crippen molar-refractivity contribution in [1.29, 1.82) is 0 Å². The Morgan fingerprint density at radius 3 is 2.52 bits per heavy atom. The van der Waals surface area contributed by atoms with Gasteiger partial charge in [0.2, 0.25) is 0 Å². The van der Waals surface area contributed by atoms with E-state index in [0.717, 1.165) is 29.9 Å². The van der Waals surface area contributed by atoms with Gasteiger partial charge in [0, 0.05) is 24.3 Å². The van der Waals surface area contributed by atoms with E-state index in [1.54, 1.807) is 4.90 Å². The van der Waals surface area contributed by atoms with E-state index in [9.17, 15) is 19.2 Å². The number of aromatic amines is 1. The topological polar surface area (TPSA) is 101 Å². The molecular weight excluding hydrogens is 302 g/mol. The maximum atomic E-state index is 12.2.